The molecule has 0 aromatic heterocycles. The molecule has 1 fully saturated rings. The van der Waals surface area contributed by atoms with E-state index in [2.05, 4.69) is 45.0 Å². The fraction of sp³-hybridized carbons (Fsp3) is 0.562. The minimum atomic E-state index is 0.281. The van der Waals surface area contributed by atoms with E-state index in [0.717, 1.165) is 13.1 Å². The summed E-state index contributed by atoms with van der Waals surface area (Å²) >= 11 is 1.64. The molecule has 1 aromatic rings. The maximum atomic E-state index is 12.2. The summed E-state index contributed by atoms with van der Waals surface area (Å²) in [4.78, 5) is 15.5. The summed E-state index contributed by atoms with van der Waals surface area (Å²) in [6.45, 7) is 8.41. The Hall–Kier alpha value is -0.960. The van der Waals surface area contributed by atoms with E-state index in [0.29, 0.717) is 17.6 Å². The van der Waals surface area contributed by atoms with Crippen LogP contribution in [0.3, 0.4) is 0 Å². The van der Waals surface area contributed by atoms with E-state index in [-0.39, 0.29) is 5.91 Å². The summed E-state index contributed by atoms with van der Waals surface area (Å²) < 4.78 is 0. The number of nitrogens with zero attached hydrogens (tertiary/aromatic N) is 1. The second-order valence-corrected chi connectivity index (χ2v) is 6.90. The number of piperidine rings is 1. The van der Waals surface area contributed by atoms with E-state index in [1.165, 1.54) is 16.9 Å². The van der Waals surface area contributed by atoms with Gasteiger partial charge in [-0.05, 0) is 37.3 Å². The van der Waals surface area contributed by atoms with Gasteiger partial charge in [-0.3, -0.25) is 4.79 Å². The smallest absolute Gasteiger partial charge is 0.232 e. The third kappa shape index (κ3) is 4.27. The normalized spacial score (nSPS) is 23.4. The van der Waals surface area contributed by atoms with Gasteiger partial charge in [0.15, 0.2) is 0 Å². The first-order valence-corrected chi connectivity index (χ1v) is 8.00. The molecule has 2 nitrogen and oxygen atoms in total. The Morgan fingerprint density at radius 3 is 2.37 bits per heavy atom. The van der Waals surface area contributed by atoms with E-state index in [9.17, 15) is 4.79 Å². The second-order valence-electron chi connectivity index (χ2n) is 5.85. The molecule has 3 heteroatoms. The molecule has 19 heavy (non-hydrogen) atoms. The summed E-state index contributed by atoms with van der Waals surface area (Å²) in [5.74, 6) is 2.11. The van der Waals surface area contributed by atoms with Gasteiger partial charge in [0.25, 0.3) is 0 Å². The average Bonchev–Trinajstić information content (AvgIpc) is 2.36. The Bertz CT molecular complexity index is 419. The molecule has 2 atom stereocenters. The summed E-state index contributed by atoms with van der Waals surface area (Å²) in [6, 6.07) is 8.37. The molecule has 1 heterocycles. The topological polar surface area (TPSA) is 20.3 Å². The molecule has 0 spiro atoms. The molecule has 1 aliphatic rings. The monoisotopic (exact) mass is 277 g/mol. The number of thioether (sulfide) groups is 1. The first-order valence-electron chi connectivity index (χ1n) is 7.02. The lowest BCUT2D eigenvalue weighted by Crippen LogP contribution is -2.43. The molecular weight excluding hydrogens is 254 g/mol. The molecule has 0 bridgehead atoms. The lowest BCUT2D eigenvalue weighted by atomic mass is 9.92. The highest BCUT2D eigenvalue weighted by Crippen LogP contribution is 2.23. The van der Waals surface area contributed by atoms with Crippen LogP contribution >= 0.6 is 11.8 Å². The number of carbonyl (C=O) groups is 1. The maximum Gasteiger partial charge on any atom is 0.232 e. The molecule has 2 rings (SSSR count). The van der Waals surface area contributed by atoms with Crippen LogP contribution < -0.4 is 0 Å². The SMILES string of the molecule is Cc1ccc(SCC(=O)N2CC(C)CC(C)C2)cc1. The van der Waals surface area contributed by atoms with Crippen LogP contribution in [0.15, 0.2) is 29.2 Å². The zero-order valence-electron chi connectivity index (χ0n) is 12.1. The fourth-order valence-corrected chi connectivity index (χ4v) is 3.54. The van der Waals surface area contributed by atoms with Gasteiger partial charge < -0.3 is 4.90 Å². The van der Waals surface area contributed by atoms with Gasteiger partial charge in [0, 0.05) is 18.0 Å². The third-order valence-electron chi connectivity index (χ3n) is 3.60. The van der Waals surface area contributed by atoms with Gasteiger partial charge in [-0.15, -0.1) is 11.8 Å². The molecule has 1 aromatic carbocycles. The van der Waals surface area contributed by atoms with Crippen LogP contribution in [0.1, 0.15) is 25.8 Å². The number of benzene rings is 1. The summed E-state index contributed by atoms with van der Waals surface area (Å²) in [5, 5.41) is 0. The molecular formula is C16H23NOS. The molecule has 0 radical (unpaired) electrons. The summed E-state index contributed by atoms with van der Waals surface area (Å²) in [5.41, 5.74) is 1.26. The van der Waals surface area contributed by atoms with Crippen molar-refractivity contribution in [2.75, 3.05) is 18.8 Å². The molecule has 104 valence electrons. The highest BCUT2D eigenvalue weighted by atomic mass is 32.2. The van der Waals surface area contributed by atoms with Crippen LogP contribution in [0.5, 0.6) is 0 Å². The van der Waals surface area contributed by atoms with E-state index < -0.39 is 0 Å². The number of hydrogen-bond acceptors (Lipinski definition) is 2. The lowest BCUT2D eigenvalue weighted by molar-refractivity contribution is -0.130. The van der Waals surface area contributed by atoms with Crippen molar-refractivity contribution >= 4 is 17.7 Å². The van der Waals surface area contributed by atoms with Gasteiger partial charge in [-0.25, -0.2) is 0 Å². The standard InChI is InChI=1S/C16H23NOS/c1-12-4-6-15(7-5-12)19-11-16(18)17-9-13(2)8-14(3)10-17/h4-7,13-14H,8-11H2,1-3H3. The van der Waals surface area contributed by atoms with Crippen molar-refractivity contribution in [2.24, 2.45) is 11.8 Å². The van der Waals surface area contributed by atoms with Crippen molar-refractivity contribution in [1.29, 1.82) is 0 Å². The van der Waals surface area contributed by atoms with Crippen molar-refractivity contribution in [1.82, 2.24) is 4.90 Å². The first kappa shape index (κ1) is 14.4. The predicted molar refractivity (Wildman–Crippen MR) is 81.4 cm³/mol. The second kappa shape index (κ2) is 6.47. The molecule has 1 aliphatic heterocycles. The first-order chi connectivity index (χ1) is 9.04. The fourth-order valence-electron chi connectivity index (χ4n) is 2.74. The van der Waals surface area contributed by atoms with Crippen LogP contribution in [-0.4, -0.2) is 29.6 Å². The zero-order valence-corrected chi connectivity index (χ0v) is 12.9. The number of hydrogen-bond donors (Lipinski definition) is 0. The lowest BCUT2D eigenvalue weighted by Gasteiger charge is -2.35. The molecule has 0 N–H and O–H groups in total. The van der Waals surface area contributed by atoms with Gasteiger partial charge in [-0.2, -0.15) is 0 Å². The van der Waals surface area contributed by atoms with Crippen LogP contribution in [0.4, 0.5) is 0 Å². The van der Waals surface area contributed by atoms with Crippen molar-refractivity contribution in [3.63, 3.8) is 0 Å². The molecule has 1 amide bonds. The molecule has 0 aliphatic carbocycles. The molecule has 2 unspecified atom stereocenters. The number of aryl methyl sites for hydroxylation is 1. The van der Waals surface area contributed by atoms with Gasteiger partial charge in [0.2, 0.25) is 5.91 Å². The maximum absolute atomic E-state index is 12.2. The van der Waals surface area contributed by atoms with Crippen LogP contribution in [0, 0.1) is 18.8 Å². The highest BCUT2D eigenvalue weighted by molar-refractivity contribution is 8.00. The Labute approximate surface area is 120 Å². The molecule has 0 saturated carbocycles. The Kier molecular flexibility index (Phi) is 4.92. The van der Waals surface area contributed by atoms with E-state index in [1.807, 2.05) is 4.90 Å². The van der Waals surface area contributed by atoms with Crippen molar-refractivity contribution < 1.29 is 4.79 Å². The van der Waals surface area contributed by atoms with E-state index in [1.54, 1.807) is 11.8 Å². The zero-order chi connectivity index (χ0) is 13.8. The van der Waals surface area contributed by atoms with Crippen molar-refractivity contribution in [3.8, 4) is 0 Å². The van der Waals surface area contributed by atoms with Gasteiger partial charge >= 0.3 is 0 Å². The van der Waals surface area contributed by atoms with Gasteiger partial charge in [-0.1, -0.05) is 31.5 Å². The minimum Gasteiger partial charge on any atom is -0.341 e. The Morgan fingerprint density at radius 2 is 1.79 bits per heavy atom. The quantitative estimate of drug-likeness (QED) is 0.787. The van der Waals surface area contributed by atoms with Crippen LogP contribution in [0.2, 0.25) is 0 Å². The van der Waals surface area contributed by atoms with Gasteiger partial charge in [0.1, 0.15) is 0 Å². The highest BCUT2D eigenvalue weighted by Gasteiger charge is 2.25. The van der Waals surface area contributed by atoms with E-state index in [4.69, 9.17) is 0 Å². The van der Waals surface area contributed by atoms with Gasteiger partial charge in [0.05, 0.1) is 5.75 Å². The minimum absolute atomic E-state index is 0.281. The summed E-state index contributed by atoms with van der Waals surface area (Å²) in [6.07, 6.45) is 1.24. The number of likely N-dealkylation sites (tertiary alicyclic amines) is 1. The van der Waals surface area contributed by atoms with Crippen LogP contribution in [-0.2, 0) is 4.79 Å². The number of amides is 1. The molecule has 1 saturated heterocycles. The predicted octanol–water partition coefficient (Wildman–Crippen LogP) is 3.59. The Morgan fingerprint density at radius 1 is 1.21 bits per heavy atom. The average molecular weight is 277 g/mol. The van der Waals surface area contributed by atoms with E-state index >= 15 is 0 Å². The van der Waals surface area contributed by atoms with Crippen LogP contribution in [0.25, 0.3) is 0 Å². The van der Waals surface area contributed by atoms with Crippen molar-refractivity contribution in [3.05, 3.63) is 29.8 Å². The number of carbonyl (C=O) groups excluding carboxylic acids is 1. The van der Waals surface area contributed by atoms with Crippen molar-refractivity contribution in [2.45, 2.75) is 32.1 Å². The Balaban J connectivity index is 1.85. The number of rotatable bonds is 3. The largest absolute Gasteiger partial charge is 0.341 e. The summed E-state index contributed by atoms with van der Waals surface area (Å²) in [7, 11) is 0. The third-order valence-corrected chi connectivity index (χ3v) is 4.60.